The Balaban J connectivity index is 2.00. The average Bonchev–Trinajstić information content (AvgIpc) is 2.52. The molecule has 0 saturated carbocycles. The van der Waals surface area contributed by atoms with Gasteiger partial charge in [-0.05, 0) is 31.0 Å². The number of rotatable bonds is 5. The highest BCUT2D eigenvalue weighted by molar-refractivity contribution is 9.09. The van der Waals surface area contributed by atoms with E-state index in [1.54, 1.807) is 25.3 Å². The van der Waals surface area contributed by atoms with Crippen molar-refractivity contribution in [1.29, 1.82) is 0 Å². The Labute approximate surface area is 138 Å². The highest BCUT2D eigenvalue weighted by Crippen LogP contribution is 2.25. The van der Waals surface area contributed by atoms with Crippen molar-refractivity contribution in [3.8, 4) is 5.75 Å². The number of benzene rings is 1. The first-order chi connectivity index (χ1) is 10.2. The van der Waals surface area contributed by atoms with Gasteiger partial charge in [-0.15, -0.1) is 0 Å². The molecule has 0 unspecified atom stereocenters. The smallest absolute Gasteiger partial charge is 0.257 e. The van der Waals surface area contributed by atoms with Gasteiger partial charge >= 0.3 is 0 Å². The van der Waals surface area contributed by atoms with Crippen LogP contribution in [0.3, 0.4) is 0 Å². The standard InChI is InChI=1S/C15H19BrClNO3/c1-20-14-3-2-11(17)10-13(14)15(19)18-7-4-12(5-8-18)21-9-6-16/h2-3,10,12H,4-9H2,1H3. The van der Waals surface area contributed by atoms with Crippen LogP contribution in [0.2, 0.25) is 5.02 Å². The Morgan fingerprint density at radius 2 is 2.14 bits per heavy atom. The monoisotopic (exact) mass is 375 g/mol. The van der Waals surface area contributed by atoms with E-state index in [-0.39, 0.29) is 12.0 Å². The van der Waals surface area contributed by atoms with Gasteiger partial charge in [0.25, 0.3) is 5.91 Å². The number of piperidine rings is 1. The first-order valence-electron chi connectivity index (χ1n) is 6.96. The third-order valence-electron chi connectivity index (χ3n) is 3.55. The lowest BCUT2D eigenvalue weighted by Crippen LogP contribution is -2.41. The number of methoxy groups -OCH3 is 1. The number of halogens is 2. The van der Waals surface area contributed by atoms with Gasteiger partial charge in [-0.3, -0.25) is 4.79 Å². The molecule has 1 amide bonds. The fourth-order valence-corrected chi connectivity index (χ4v) is 2.81. The van der Waals surface area contributed by atoms with Crippen molar-refractivity contribution in [1.82, 2.24) is 4.90 Å². The van der Waals surface area contributed by atoms with Gasteiger partial charge in [0.2, 0.25) is 0 Å². The summed E-state index contributed by atoms with van der Waals surface area (Å²) >= 11 is 9.34. The predicted molar refractivity (Wildman–Crippen MR) is 86.7 cm³/mol. The Hall–Kier alpha value is -0.780. The maximum Gasteiger partial charge on any atom is 0.257 e. The zero-order valence-electron chi connectivity index (χ0n) is 12.0. The lowest BCUT2D eigenvalue weighted by molar-refractivity contribution is 0.0159. The Morgan fingerprint density at radius 1 is 1.43 bits per heavy atom. The fraction of sp³-hybridized carbons (Fsp3) is 0.533. The van der Waals surface area contributed by atoms with Crippen LogP contribution in [-0.4, -0.2) is 49.0 Å². The maximum atomic E-state index is 12.6. The van der Waals surface area contributed by atoms with Crippen LogP contribution >= 0.6 is 27.5 Å². The molecule has 1 heterocycles. The van der Waals surface area contributed by atoms with Crippen molar-refractivity contribution in [3.63, 3.8) is 0 Å². The number of hydrogen-bond acceptors (Lipinski definition) is 3. The number of alkyl halides is 1. The van der Waals surface area contributed by atoms with Crippen LogP contribution in [-0.2, 0) is 4.74 Å². The molecule has 1 aliphatic rings. The lowest BCUT2D eigenvalue weighted by Gasteiger charge is -2.32. The molecule has 1 fully saturated rings. The summed E-state index contributed by atoms with van der Waals surface area (Å²) in [6, 6.07) is 5.11. The Kier molecular flexibility index (Phi) is 6.33. The SMILES string of the molecule is COc1ccc(Cl)cc1C(=O)N1CCC(OCCBr)CC1. The molecule has 1 aliphatic heterocycles. The topological polar surface area (TPSA) is 38.8 Å². The van der Waals surface area contributed by atoms with E-state index in [4.69, 9.17) is 21.1 Å². The minimum Gasteiger partial charge on any atom is -0.496 e. The third kappa shape index (κ3) is 4.34. The lowest BCUT2D eigenvalue weighted by atomic mass is 10.1. The molecular formula is C15H19BrClNO3. The summed E-state index contributed by atoms with van der Waals surface area (Å²) in [6.45, 7) is 2.10. The molecule has 0 aromatic heterocycles. The third-order valence-corrected chi connectivity index (χ3v) is 4.11. The number of nitrogens with zero attached hydrogens (tertiary/aromatic N) is 1. The van der Waals surface area contributed by atoms with E-state index < -0.39 is 0 Å². The molecule has 4 nitrogen and oxygen atoms in total. The van der Waals surface area contributed by atoms with Gasteiger partial charge < -0.3 is 14.4 Å². The van der Waals surface area contributed by atoms with Crippen LogP contribution < -0.4 is 4.74 Å². The molecule has 0 N–H and O–H groups in total. The molecule has 0 atom stereocenters. The highest BCUT2D eigenvalue weighted by Gasteiger charge is 2.25. The molecule has 0 spiro atoms. The summed E-state index contributed by atoms with van der Waals surface area (Å²) in [4.78, 5) is 14.4. The summed E-state index contributed by atoms with van der Waals surface area (Å²) in [7, 11) is 1.56. The molecule has 0 bridgehead atoms. The minimum atomic E-state index is -0.0340. The van der Waals surface area contributed by atoms with Crippen LogP contribution in [0.25, 0.3) is 0 Å². The van der Waals surface area contributed by atoms with Crippen LogP contribution in [0.1, 0.15) is 23.2 Å². The zero-order chi connectivity index (χ0) is 15.2. The first-order valence-corrected chi connectivity index (χ1v) is 8.46. The summed E-state index contributed by atoms with van der Waals surface area (Å²) in [5, 5.41) is 1.38. The van der Waals surface area contributed by atoms with Gasteiger partial charge in [0.15, 0.2) is 0 Å². The molecular weight excluding hydrogens is 358 g/mol. The maximum absolute atomic E-state index is 12.6. The molecule has 1 aromatic rings. The molecule has 1 aromatic carbocycles. The number of carbonyl (C=O) groups is 1. The number of ether oxygens (including phenoxy) is 2. The van der Waals surface area contributed by atoms with Crippen molar-refractivity contribution in [2.24, 2.45) is 0 Å². The number of carbonyl (C=O) groups excluding carboxylic acids is 1. The van der Waals surface area contributed by atoms with E-state index in [2.05, 4.69) is 15.9 Å². The second-order valence-corrected chi connectivity index (χ2v) is 6.13. The van der Waals surface area contributed by atoms with Crippen LogP contribution in [0.5, 0.6) is 5.75 Å². The van der Waals surface area contributed by atoms with Crippen LogP contribution in [0, 0.1) is 0 Å². The molecule has 6 heteroatoms. The zero-order valence-corrected chi connectivity index (χ0v) is 14.3. The fourth-order valence-electron chi connectivity index (χ4n) is 2.45. The van der Waals surface area contributed by atoms with Crippen LogP contribution in [0.15, 0.2) is 18.2 Å². The van der Waals surface area contributed by atoms with Gasteiger partial charge in [-0.25, -0.2) is 0 Å². The van der Waals surface area contributed by atoms with Crippen molar-refractivity contribution < 1.29 is 14.3 Å². The van der Waals surface area contributed by atoms with Crippen LogP contribution in [0.4, 0.5) is 0 Å². The largest absolute Gasteiger partial charge is 0.496 e. The predicted octanol–water partition coefficient (Wildman–Crippen LogP) is 3.36. The van der Waals surface area contributed by atoms with Gasteiger partial charge in [-0.2, -0.15) is 0 Å². The second-order valence-electron chi connectivity index (χ2n) is 4.90. The Morgan fingerprint density at radius 3 is 2.76 bits per heavy atom. The highest BCUT2D eigenvalue weighted by atomic mass is 79.9. The molecule has 0 aliphatic carbocycles. The van der Waals surface area contributed by atoms with E-state index >= 15 is 0 Å². The minimum absolute atomic E-state index is 0.0340. The summed E-state index contributed by atoms with van der Waals surface area (Å²) < 4.78 is 10.9. The number of amides is 1. The van der Waals surface area contributed by atoms with Gasteiger partial charge in [0.1, 0.15) is 5.75 Å². The van der Waals surface area contributed by atoms with Crippen molar-refractivity contribution in [3.05, 3.63) is 28.8 Å². The Bertz CT molecular complexity index is 490. The summed E-state index contributed by atoms with van der Waals surface area (Å²) in [5.41, 5.74) is 0.518. The normalized spacial score (nSPS) is 16.0. The van der Waals surface area contributed by atoms with Gasteiger partial charge in [0, 0.05) is 23.4 Å². The van der Waals surface area contributed by atoms with Crippen molar-refractivity contribution in [2.45, 2.75) is 18.9 Å². The molecule has 2 rings (SSSR count). The van der Waals surface area contributed by atoms with Gasteiger partial charge in [0.05, 0.1) is 25.4 Å². The van der Waals surface area contributed by atoms with E-state index in [0.717, 1.165) is 18.2 Å². The summed E-state index contributed by atoms with van der Waals surface area (Å²) in [6.07, 6.45) is 1.97. The summed E-state index contributed by atoms with van der Waals surface area (Å²) in [5.74, 6) is 0.523. The first kappa shape index (κ1) is 16.6. The van der Waals surface area contributed by atoms with Gasteiger partial charge in [-0.1, -0.05) is 27.5 Å². The average molecular weight is 377 g/mol. The second kappa shape index (κ2) is 8.01. The van der Waals surface area contributed by atoms with E-state index in [0.29, 0.717) is 36.0 Å². The van der Waals surface area contributed by atoms with E-state index in [1.165, 1.54) is 0 Å². The number of likely N-dealkylation sites (tertiary alicyclic amines) is 1. The van der Waals surface area contributed by atoms with Crippen molar-refractivity contribution >= 4 is 33.4 Å². The molecule has 1 saturated heterocycles. The number of hydrogen-bond donors (Lipinski definition) is 0. The molecule has 116 valence electrons. The van der Waals surface area contributed by atoms with E-state index in [1.807, 2.05) is 4.90 Å². The quantitative estimate of drug-likeness (QED) is 0.740. The van der Waals surface area contributed by atoms with Crippen molar-refractivity contribution in [2.75, 3.05) is 32.1 Å². The van der Waals surface area contributed by atoms with E-state index in [9.17, 15) is 4.79 Å². The molecule has 0 radical (unpaired) electrons. The molecule has 21 heavy (non-hydrogen) atoms.